The molecule has 0 spiro atoms. The van der Waals surface area contributed by atoms with E-state index < -0.39 is 4.92 Å². The number of aryl methyl sites for hydroxylation is 1. The fourth-order valence-corrected chi connectivity index (χ4v) is 3.12. The third kappa shape index (κ3) is 3.68. The molecule has 0 aliphatic carbocycles. The fraction of sp³-hybridized carbons (Fsp3) is 0.0435. The number of nitrogens with zero attached hydrogens (tertiary/aromatic N) is 3. The van der Waals surface area contributed by atoms with Crippen LogP contribution in [0, 0.1) is 17.0 Å². The minimum atomic E-state index is -0.437. The van der Waals surface area contributed by atoms with Crippen LogP contribution in [0.2, 0.25) is 0 Å². The highest BCUT2D eigenvalue weighted by Gasteiger charge is 2.11. The van der Waals surface area contributed by atoms with Crippen molar-refractivity contribution in [2.24, 2.45) is 0 Å². The maximum absolute atomic E-state index is 13.2. The van der Waals surface area contributed by atoms with Crippen molar-refractivity contribution in [2.75, 3.05) is 0 Å². The lowest BCUT2D eigenvalue weighted by atomic mass is 10.1. The van der Waals surface area contributed by atoms with Gasteiger partial charge in [0.1, 0.15) is 5.82 Å². The van der Waals surface area contributed by atoms with Gasteiger partial charge in [-0.15, -0.1) is 0 Å². The van der Waals surface area contributed by atoms with Crippen molar-refractivity contribution in [3.8, 4) is 5.69 Å². The minimum absolute atomic E-state index is 0.00884. The molecule has 0 aliphatic rings. The van der Waals surface area contributed by atoms with E-state index in [1.807, 2.05) is 43.3 Å². The largest absolute Gasteiger partial charge is 0.270 e. The smallest absolute Gasteiger partial charge is 0.268 e. The lowest BCUT2D eigenvalue weighted by molar-refractivity contribution is -0.384. The summed E-state index contributed by atoms with van der Waals surface area (Å²) >= 11 is 0. The Morgan fingerprint density at radius 3 is 2.48 bits per heavy atom. The number of rotatable bonds is 4. The highest BCUT2D eigenvalue weighted by Crippen LogP contribution is 2.18. The summed E-state index contributed by atoms with van der Waals surface area (Å²) in [5, 5.41) is 11.5. The van der Waals surface area contributed by atoms with Crippen molar-refractivity contribution >= 4 is 28.7 Å². The van der Waals surface area contributed by atoms with Crippen LogP contribution in [0.25, 0.3) is 28.7 Å². The predicted molar refractivity (Wildman–Crippen MR) is 114 cm³/mol. The molecule has 1 aromatic heterocycles. The Labute approximate surface area is 166 Å². The number of hydrogen-bond donors (Lipinski definition) is 0. The van der Waals surface area contributed by atoms with Crippen LogP contribution in [0.5, 0.6) is 0 Å². The van der Waals surface area contributed by atoms with Crippen molar-refractivity contribution in [1.82, 2.24) is 9.55 Å². The highest BCUT2D eigenvalue weighted by molar-refractivity contribution is 5.80. The topological polar surface area (TPSA) is 78.0 Å². The van der Waals surface area contributed by atoms with E-state index >= 15 is 0 Å². The first-order valence-electron chi connectivity index (χ1n) is 9.04. The number of nitro groups is 1. The van der Waals surface area contributed by atoms with Crippen LogP contribution < -0.4 is 5.56 Å². The Morgan fingerprint density at radius 1 is 0.966 bits per heavy atom. The molecule has 0 atom stereocenters. The maximum Gasteiger partial charge on any atom is 0.270 e. The third-order valence-electron chi connectivity index (χ3n) is 4.60. The van der Waals surface area contributed by atoms with Crippen LogP contribution >= 0.6 is 0 Å². The van der Waals surface area contributed by atoms with E-state index in [1.165, 1.54) is 12.1 Å². The van der Waals surface area contributed by atoms with Gasteiger partial charge in [-0.25, -0.2) is 4.98 Å². The summed E-state index contributed by atoms with van der Waals surface area (Å²) < 4.78 is 1.55. The van der Waals surface area contributed by atoms with Crippen LogP contribution in [0.4, 0.5) is 5.69 Å². The van der Waals surface area contributed by atoms with Gasteiger partial charge in [-0.05, 0) is 42.8 Å². The van der Waals surface area contributed by atoms with Gasteiger partial charge in [0.15, 0.2) is 0 Å². The Morgan fingerprint density at radius 2 is 1.72 bits per heavy atom. The first kappa shape index (κ1) is 18.3. The van der Waals surface area contributed by atoms with Gasteiger partial charge in [0, 0.05) is 12.1 Å². The molecule has 1 heterocycles. The maximum atomic E-state index is 13.2. The molecule has 0 fully saturated rings. The lowest BCUT2D eigenvalue weighted by Crippen LogP contribution is -2.22. The normalized spacial score (nSPS) is 11.2. The van der Waals surface area contributed by atoms with Gasteiger partial charge in [0.2, 0.25) is 0 Å². The zero-order chi connectivity index (χ0) is 20.4. The van der Waals surface area contributed by atoms with Crippen molar-refractivity contribution < 1.29 is 4.92 Å². The van der Waals surface area contributed by atoms with Crippen molar-refractivity contribution in [3.05, 3.63) is 110 Å². The summed E-state index contributed by atoms with van der Waals surface area (Å²) in [4.78, 5) is 28.4. The SMILES string of the molecule is Cc1ccc(-n2c(/C=C/c3cccc([N+](=O)[O-])c3)nc3ccccc3c2=O)cc1. The Balaban J connectivity index is 1.90. The molecular formula is C23H17N3O3. The fourth-order valence-electron chi connectivity index (χ4n) is 3.12. The summed E-state index contributed by atoms with van der Waals surface area (Å²) in [6, 6.07) is 21.1. The molecule has 0 aliphatic heterocycles. The standard InChI is InChI=1S/C23H17N3O3/c1-16-9-12-18(13-10-16)25-22(24-21-8-3-2-7-20(21)23(25)27)14-11-17-5-4-6-19(15-17)26(28)29/h2-15H,1H3/b14-11+. The van der Waals surface area contributed by atoms with E-state index in [0.717, 1.165) is 5.56 Å². The minimum Gasteiger partial charge on any atom is -0.268 e. The van der Waals surface area contributed by atoms with Crippen molar-refractivity contribution in [2.45, 2.75) is 6.92 Å². The number of non-ortho nitro benzene ring substituents is 1. The number of para-hydroxylation sites is 1. The molecule has 0 unspecified atom stereocenters. The van der Waals surface area contributed by atoms with Gasteiger partial charge >= 0.3 is 0 Å². The molecule has 4 aromatic rings. The third-order valence-corrected chi connectivity index (χ3v) is 4.60. The van der Waals surface area contributed by atoms with Gasteiger partial charge in [0.25, 0.3) is 11.2 Å². The zero-order valence-corrected chi connectivity index (χ0v) is 15.6. The average molecular weight is 383 g/mol. The number of nitro benzene ring substituents is 1. The van der Waals surface area contributed by atoms with Crippen LogP contribution in [-0.4, -0.2) is 14.5 Å². The van der Waals surface area contributed by atoms with Gasteiger partial charge in [-0.1, -0.05) is 48.0 Å². The number of benzene rings is 3. The first-order chi connectivity index (χ1) is 14.0. The quantitative estimate of drug-likeness (QED) is 0.375. The molecule has 0 saturated carbocycles. The van der Waals surface area contributed by atoms with Gasteiger partial charge in [-0.3, -0.25) is 19.5 Å². The van der Waals surface area contributed by atoms with E-state index in [1.54, 1.807) is 41.0 Å². The van der Waals surface area contributed by atoms with E-state index in [-0.39, 0.29) is 11.2 Å². The Hall–Kier alpha value is -4.06. The summed E-state index contributed by atoms with van der Waals surface area (Å²) in [5.41, 5.74) is 2.88. The molecule has 4 rings (SSSR count). The molecule has 3 aromatic carbocycles. The molecule has 6 nitrogen and oxygen atoms in total. The molecule has 0 bridgehead atoms. The molecule has 142 valence electrons. The van der Waals surface area contributed by atoms with Crippen LogP contribution in [0.15, 0.2) is 77.6 Å². The first-order valence-corrected chi connectivity index (χ1v) is 9.04. The number of fused-ring (bicyclic) bond motifs is 1. The zero-order valence-electron chi connectivity index (χ0n) is 15.6. The number of aromatic nitrogens is 2. The Bertz CT molecular complexity index is 1310. The molecule has 0 amide bonds. The van der Waals surface area contributed by atoms with Crippen LogP contribution in [-0.2, 0) is 0 Å². The summed E-state index contributed by atoms with van der Waals surface area (Å²) in [5.74, 6) is 0.448. The van der Waals surface area contributed by atoms with E-state index in [4.69, 9.17) is 0 Å². The second kappa shape index (κ2) is 7.52. The second-order valence-corrected chi connectivity index (χ2v) is 6.65. The van der Waals surface area contributed by atoms with Crippen molar-refractivity contribution in [3.63, 3.8) is 0 Å². The lowest BCUT2D eigenvalue weighted by Gasteiger charge is -2.11. The molecule has 29 heavy (non-hydrogen) atoms. The molecule has 6 heteroatoms. The van der Waals surface area contributed by atoms with Crippen molar-refractivity contribution in [1.29, 1.82) is 0 Å². The van der Waals surface area contributed by atoms with Gasteiger partial charge < -0.3 is 0 Å². The molecule has 0 radical (unpaired) electrons. The predicted octanol–water partition coefficient (Wildman–Crippen LogP) is 4.77. The summed E-state index contributed by atoms with van der Waals surface area (Å²) in [6.07, 6.45) is 3.42. The monoisotopic (exact) mass is 383 g/mol. The van der Waals surface area contributed by atoms with E-state index in [2.05, 4.69) is 4.98 Å². The van der Waals surface area contributed by atoms with Crippen LogP contribution in [0.1, 0.15) is 17.0 Å². The molecule has 0 N–H and O–H groups in total. The van der Waals surface area contributed by atoms with E-state index in [9.17, 15) is 14.9 Å². The summed E-state index contributed by atoms with van der Waals surface area (Å²) in [6.45, 7) is 1.98. The van der Waals surface area contributed by atoms with Gasteiger partial charge in [-0.2, -0.15) is 0 Å². The Kier molecular flexibility index (Phi) is 4.75. The average Bonchev–Trinajstić information content (AvgIpc) is 2.73. The van der Waals surface area contributed by atoms with Crippen LogP contribution in [0.3, 0.4) is 0 Å². The molecule has 0 saturated heterocycles. The highest BCUT2D eigenvalue weighted by atomic mass is 16.6. The number of hydrogen-bond acceptors (Lipinski definition) is 4. The second-order valence-electron chi connectivity index (χ2n) is 6.65. The van der Waals surface area contributed by atoms with Gasteiger partial charge in [0.05, 0.1) is 21.5 Å². The summed E-state index contributed by atoms with van der Waals surface area (Å²) in [7, 11) is 0. The van der Waals surface area contributed by atoms with E-state index in [0.29, 0.717) is 28.0 Å². The molecular weight excluding hydrogens is 366 g/mol.